The molecule has 0 unspecified atom stereocenters. The Labute approximate surface area is 181 Å². The van der Waals surface area contributed by atoms with Crippen LogP contribution in [-0.4, -0.2) is 53.6 Å². The smallest absolute Gasteiger partial charge is 0.265 e. The van der Waals surface area contributed by atoms with Gasteiger partial charge in [-0.1, -0.05) is 32.0 Å². The molecule has 0 spiro atoms. The van der Waals surface area contributed by atoms with Crippen molar-refractivity contribution in [3.8, 4) is 5.75 Å². The Balaban J connectivity index is 0.000000287. The minimum atomic E-state index is -0.209. The minimum Gasteiger partial charge on any atom is -0.497 e. The summed E-state index contributed by atoms with van der Waals surface area (Å²) >= 11 is 0. The van der Waals surface area contributed by atoms with E-state index in [9.17, 15) is 9.59 Å². The highest BCUT2D eigenvalue weighted by Crippen LogP contribution is 2.23. The first kappa shape index (κ1) is 22.6. The van der Waals surface area contributed by atoms with Crippen molar-refractivity contribution in [3.63, 3.8) is 0 Å². The zero-order chi connectivity index (χ0) is 22.4. The number of nitrogens with zero attached hydrogens (tertiary/aromatic N) is 3. The molecule has 0 aliphatic carbocycles. The van der Waals surface area contributed by atoms with E-state index in [0.717, 1.165) is 18.8 Å². The van der Waals surface area contributed by atoms with Crippen molar-refractivity contribution in [3.05, 3.63) is 58.3 Å². The number of furan rings is 1. The molecule has 1 N–H and O–H groups in total. The number of benzene rings is 1. The summed E-state index contributed by atoms with van der Waals surface area (Å²) in [5, 5.41) is 3.51. The van der Waals surface area contributed by atoms with Crippen molar-refractivity contribution in [2.45, 2.75) is 27.3 Å². The zero-order valence-corrected chi connectivity index (χ0v) is 18.6. The maximum Gasteiger partial charge on any atom is 0.265 e. The number of amides is 1. The van der Waals surface area contributed by atoms with Crippen molar-refractivity contribution in [2.24, 2.45) is 5.92 Å². The second kappa shape index (κ2) is 10.3. The van der Waals surface area contributed by atoms with Gasteiger partial charge in [-0.25, -0.2) is 4.98 Å². The highest BCUT2D eigenvalue weighted by Gasteiger charge is 2.27. The van der Waals surface area contributed by atoms with Gasteiger partial charge in [0.1, 0.15) is 23.2 Å². The van der Waals surface area contributed by atoms with Gasteiger partial charge in [0.05, 0.1) is 12.7 Å². The van der Waals surface area contributed by atoms with Crippen LogP contribution in [0.3, 0.4) is 0 Å². The van der Waals surface area contributed by atoms with Gasteiger partial charge < -0.3 is 19.4 Å². The Bertz CT molecular complexity index is 1070. The normalized spacial score (nSPS) is 13.8. The third-order valence-electron chi connectivity index (χ3n) is 5.01. The van der Waals surface area contributed by atoms with Gasteiger partial charge in [-0.05, 0) is 25.0 Å². The van der Waals surface area contributed by atoms with Crippen molar-refractivity contribution >= 4 is 17.0 Å². The lowest BCUT2D eigenvalue weighted by atomic mass is 10.1. The van der Waals surface area contributed by atoms with Gasteiger partial charge >= 0.3 is 0 Å². The maximum atomic E-state index is 12.8. The lowest BCUT2D eigenvalue weighted by Crippen LogP contribution is -2.46. The van der Waals surface area contributed by atoms with Crippen LogP contribution in [0.4, 0.5) is 0 Å². The van der Waals surface area contributed by atoms with Crippen LogP contribution in [0, 0.1) is 12.8 Å². The van der Waals surface area contributed by atoms with E-state index >= 15 is 0 Å². The minimum absolute atomic E-state index is 0.149. The van der Waals surface area contributed by atoms with E-state index in [1.807, 2.05) is 44.2 Å². The van der Waals surface area contributed by atoms with Crippen LogP contribution < -0.4 is 15.6 Å². The Morgan fingerprint density at radius 2 is 1.90 bits per heavy atom. The van der Waals surface area contributed by atoms with Crippen molar-refractivity contribution in [2.75, 3.05) is 33.3 Å². The molecular weight excluding hydrogens is 396 g/mol. The molecule has 0 atom stereocenters. The molecule has 3 heterocycles. The van der Waals surface area contributed by atoms with Crippen LogP contribution in [0.2, 0.25) is 0 Å². The second-order valence-corrected chi connectivity index (χ2v) is 7.87. The van der Waals surface area contributed by atoms with Crippen LogP contribution >= 0.6 is 0 Å². The fraction of sp³-hybridized carbons (Fsp3) is 0.435. The van der Waals surface area contributed by atoms with Crippen LogP contribution in [0.1, 0.15) is 30.0 Å². The fourth-order valence-corrected chi connectivity index (χ4v) is 3.50. The van der Waals surface area contributed by atoms with Gasteiger partial charge in [-0.3, -0.25) is 14.2 Å². The number of nitrogens with one attached hydrogen (secondary N) is 1. The first-order valence-corrected chi connectivity index (χ1v) is 10.5. The molecule has 8 nitrogen and oxygen atoms in total. The summed E-state index contributed by atoms with van der Waals surface area (Å²) in [6.45, 7) is 9.12. The number of ether oxygens (including phenoxy) is 1. The van der Waals surface area contributed by atoms with Gasteiger partial charge in [0.2, 0.25) is 5.71 Å². The summed E-state index contributed by atoms with van der Waals surface area (Å²) in [6.07, 6.45) is 1.49. The number of hydrogen-bond donors (Lipinski definition) is 1. The van der Waals surface area contributed by atoms with Gasteiger partial charge in [-0.2, -0.15) is 0 Å². The van der Waals surface area contributed by atoms with E-state index in [1.54, 1.807) is 23.5 Å². The summed E-state index contributed by atoms with van der Waals surface area (Å²) in [7, 11) is 1.66. The molecule has 4 rings (SSSR count). The molecular formula is C23H30N4O4. The number of hydrogen-bond acceptors (Lipinski definition) is 6. The van der Waals surface area contributed by atoms with E-state index in [0.29, 0.717) is 42.3 Å². The van der Waals surface area contributed by atoms with E-state index in [-0.39, 0.29) is 17.2 Å². The molecule has 3 aromatic rings. The average Bonchev–Trinajstić information content (AvgIpc) is 3.13. The van der Waals surface area contributed by atoms with E-state index in [1.165, 1.54) is 6.33 Å². The molecule has 0 saturated carbocycles. The highest BCUT2D eigenvalue weighted by molar-refractivity contribution is 6.06. The fourth-order valence-electron chi connectivity index (χ4n) is 3.50. The topological polar surface area (TPSA) is 89.6 Å². The summed E-state index contributed by atoms with van der Waals surface area (Å²) < 4.78 is 12.0. The number of aryl methyl sites for hydroxylation is 1. The molecule has 31 heavy (non-hydrogen) atoms. The highest BCUT2D eigenvalue weighted by atomic mass is 16.5. The number of para-hydroxylation sites is 1. The Morgan fingerprint density at radius 1 is 1.23 bits per heavy atom. The number of carbonyl (C=O) groups is 1. The van der Waals surface area contributed by atoms with E-state index < -0.39 is 0 Å². The SMILES string of the molecule is COc1ccccc1.Cc1oc2ncn(CC(C)C)c(=O)c2c1C(=O)N1CCNCC1. The largest absolute Gasteiger partial charge is 0.497 e. The van der Waals surface area contributed by atoms with Crippen molar-refractivity contribution in [1.29, 1.82) is 0 Å². The summed E-state index contributed by atoms with van der Waals surface area (Å²) in [6, 6.07) is 9.68. The monoisotopic (exact) mass is 426 g/mol. The standard InChI is InChI=1S/C16H22N4O3.C7H8O/c1-10(2)8-20-9-18-14-13(16(20)22)12(11(3)23-14)15(21)19-6-4-17-5-7-19;1-8-7-5-3-2-4-6-7/h9-10,17H,4-8H2,1-3H3;2-6H,1H3. The molecule has 1 fully saturated rings. The molecule has 166 valence electrons. The summed E-state index contributed by atoms with van der Waals surface area (Å²) in [5.41, 5.74) is 0.391. The van der Waals surface area contributed by atoms with Gasteiger partial charge in [0.15, 0.2) is 0 Å². The van der Waals surface area contributed by atoms with Gasteiger partial charge in [-0.15, -0.1) is 0 Å². The molecule has 1 aliphatic rings. The summed E-state index contributed by atoms with van der Waals surface area (Å²) in [4.78, 5) is 31.6. The molecule has 0 radical (unpaired) electrons. The molecule has 1 aromatic carbocycles. The lowest BCUT2D eigenvalue weighted by molar-refractivity contribution is 0.0735. The average molecular weight is 427 g/mol. The maximum absolute atomic E-state index is 12.8. The van der Waals surface area contributed by atoms with Crippen LogP contribution in [-0.2, 0) is 6.54 Å². The quantitative estimate of drug-likeness (QED) is 0.690. The number of rotatable bonds is 4. The number of aromatic nitrogens is 2. The predicted molar refractivity (Wildman–Crippen MR) is 120 cm³/mol. The van der Waals surface area contributed by atoms with Gasteiger partial charge in [0, 0.05) is 32.7 Å². The first-order chi connectivity index (χ1) is 14.9. The second-order valence-electron chi connectivity index (χ2n) is 7.87. The number of carbonyl (C=O) groups excluding carboxylic acids is 1. The molecule has 1 amide bonds. The lowest BCUT2D eigenvalue weighted by Gasteiger charge is -2.27. The third kappa shape index (κ3) is 5.32. The zero-order valence-electron chi connectivity index (χ0n) is 18.6. The van der Waals surface area contributed by atoms with E-state index in [4.69, 9.17) is 9.15 Å². The predicted octanol–water partition coefficient (Wildman–Crippen LogP) is 2.69. The van der Waals surface area contributed by atoms with Crippen molar-refractivity contribution < 1.29 is 13.9 Å². The third-order valence-corrected chi connectivity index (χ3v) is 5.01. The van der Waals surface area contributed by atoms with Crippen LogP contribution in [0.5, 0.6) is 5.75 Å². The molecule has 8 heteroatoms. The first-order valence-electron chi connectivity index (χ1n) is 10.5. The van der Waals surface area contributed by atoms with Gasteiger partial charge in [0.25, 0.3) is 11.5 Å². The molecule has 2 aromatic heterocycles. The van der Waals surface area contributed by atoms with Crippen LogP contribution in [0.15, 0.2) is 45.9 Å². The molecule has 1 aliphatic heterocycles. The van der Waals surface area contributed by atoms with E-state index in [2.05, 4.69) is 10.3 Å². The van der Waals surface area contributed by atoms with Crippen molar-refractivity contribution in [1.82, 2.24) is 19.8 Å². The number of fused-ring (bicyclic) bond motifs is 1. The van der Waals surface area contributed by atoms with Crippen LogP contribution in [0.25, 0.3) is 11.1 Å². The number of methoxy groups -OCH3 is 1. The molecule has 0 bridgehead atoms. The Hall–Kier alpha value is -3.13. The Kier molecular flexibility index (Phi) is 7.46. The summed E-state index contributed by atoms with van der Waals surface area (Å²) in [5.74, 6) is 1.53. The number of piperazine rings is 1. The Morgan fingerprint density at radius 3 is 2.48 bits per heavy atom. The molecule has 1 saturated heterocycles.